The number of nitrogens with two attached hydrogens (primary N) is 1. The Bertz CT molecular complexity index is 586. The monoisotopic (exact) mass is 286 g/mol. The summed E-state index contributed by atoms with van der Waals surface area (Å²) in [6.45, 7) is 2.66. The average Bonchev–Trinajstić information content (AvgIpc) is 3.06. The molecule has 2 saturated carbocycles. The first-order valence-corrected chi connectivity index (χ1v) is 7.99. The van der Waals surface area contributed by atoms with E-state index in [4.69, 9.17) is 10.5 Å². The van der Waals surface area contributed by atoms with E-state index in [0.29, 0.717) is 11.6 Å². The van der Waals surface area contributed by atoms with Gasteiger partial charge in [-0.15, -0.1) is 0 Å². The second-order valence-electron chi connectivity index (χ2n) is 6.87. The van der Waals surface area contributed by atoms with Crippen LogP contribution in [0.15, 0.2) is 18.2 Å². The fraction of sp³-hybridized carbons (Fsp3) is 0.588. The van der Waals surface area contributed by atoms with Crippen molar-refractivity contribution in [2.24, 2.45) is 17.8 Å². The summed E-state index contributed by atoms with van der Waals surface area (Å²) in [5.41, 5.74) is 7.40. The summed E-state index contributed by atoms with van der Waals surface area (Å²) in [6.07, 6.45) is 4.97. The number of hydrogen-bond acceptors (Lipinski definition) is 3. The van der Waals surface area contributed by atoms with Crippen LogP contribution in [0.2, 0.25) is 0 Å². The van der Waals surface area contributed by atoms with E-state index >= 15 is 0 Å². The van der Waals surface area contributed by atoms with E-state index in [1.165, 1.54) is 25.7 Å². The predicted molar refractivity (Wildman–Crippen MR) is 82.2 cm³/mol. The molecule has 1 heterocycles. The van der Waals surface area contributed by atoms with Gasteiger partial charge < -0.3 is 15.4 Å². The molecule has 1 aliphatic heterocycles. The maximum Gasteiger partial charge on any atom is 0.267 e. The van der Waals surface area contributed by atoms with E-state index in [9.17, 15) is 4.79 Å². The number of amides is 1. The molecule has 0 saturated heterocycles. The van der Waals surface area contributed by atoms with Crippen molar-refractivity contribution in [1.82, 2.24) is 0 Å². The van der Waals surface area contributed by atoms with Gasteiger partial charge in [-0.25, -0.2) is 0 Å². The second kappa shape index (κ2) is 4.65. The lowest BCUT2D eigenvalue weighted by atomic mass is 9.88. The van der Waals surface area contributed by atoms with Crippen molar-refractivity contribution in [2.45, 2.75) is 38.7 Å². The molecule has 2 N–H and O–H groups in total. The summed E-state index contributed by atoms with van der Waals surface area (Å²) in [5.74, 6) is 3.20. The van der Waals surface area contributed by atoms with Gasteiger partial charge in [0.15, 0.2) is 6.10 Å². The number of anilines is 2. The molecule has 1 aromatic carbocycles. The predicted octanol–water partition coefficient (Wildman–Crippen LogP) is 2.82. The number of carbonyl (C=O) groups is 1. The third-order valence-corrected chi connectivity index (χ3v) is 5.49. The highest BCUT2D eigenvalue weighted by Crippen LogP contribution is 2.49. The first-order valence-electron chi connectivity index (χ1n) is 7.99. The van der Waals surface area contributed by atoms with Gasteiger partial charge in [0.25, 0.3) is 5.91 Å². The summed E-state index contributed by atoms with van der Waals surface area (Å²) < 4.78 is 5.71. The largest absolute Gasteiger partial charge is 0.479 e. The molecule has 0 spiro atoms. The van der Waals surface area contributed by atoms with Gasteiger partial charge in [-0.3, -0.25) is 4.79 Å². The van der Waals surface area contributed by atoms with Gasteiger partial charge in [0.1, 0.15) is 5.75 Å². The lowest BCUT2D eigenvalue weighted by Crippen LogP contribution is -2.47. The summed E-state index contributed by atoms with van der Waals surface area (Å²) in [4.78, 5) is 14.5. The van der Waals surface area contributed by atoms with E-state index < -0.39 is 6.10 Å². The fourth-order valence-electron chi connectivity index (χ4n) is 4.45. The van der Waals surface area contributed by atoms with E-state index in [0.717, 1.165) is 29.8 Å². The van der Waals surface area contributed by atoms with Crippen LogP contribution in [0.5, 0.6) is 5.75 Å². The summed E-state index contributed by atoms with van der Waals surface area (Å²) in [7, 11) is 0. The molecular weight excluding hydrogens is 264 g/mol. The normalized spacial score (nSPS) is 34.0. The molecular formula is C17H22N2O2. The smallest absolute Gasteiger partial charge is 0.267 e. The molecule has 4 nitrogen and oxygen atoms in total. The molecule has 4 rings (SSSR count). The summed E-state index contributed by atoms with van der Waals surface area (Å²) >= 11 is 0. The fourth-order valence-corrected chi connectivity index (χ4v) is 4.45. The maximum atomic E-state index is 12.5. The molecule has 4 unspecified atom stereocenters. The van der Waals surface area contributed by atoms with E-state index in [1.54, 1.807) is 0 Å². The molecule has 2 bridgehead atoms. The van der Waals surface area contributed by atoms with Crippen LogP contribution in [0.25, 0.3) is 0 Å². The number of nitrogen functional groups attached to an aromatic ring is 1. The van der Waals surface area contributed by atoms with Crippen molar-refractivity contribution in [3.63, 3.8) is 0 Å². The van der Waals surface area contributed by atoms with Gasteiger partial charge in [0.05, 0.1) is 5.69 Å². The number of rotatable bonds is 2. The van der Waals surface area contributed by atoms with Crippen LogP contribution in [-0.2, 0) is 4.79 Å². The molecule has 2 aliphatic carbocycles. The lowest BCUT2D eigenvalue weighted by molar-refractivity contribution is -0.125. The zero-order valence-corrected chi connectivity index (χ0v) is 12.4. The van der Waals surface area contributed by atoms with Crippen LogP contribution in [0.4, 0.5) is 11.4 Å². The maximum absolute atomic E-state index is 12.5. The number of ether oxygens (including phenoxy) is 1. The number of benzene rings is 1. The summed E-state index contributed by atoms with van der Waals surface area (Å²) in [6, 6.07) is 5.59. The number of hydrogen-bond donors (Lipinski definition) is 1. The Morgan fingerprint density at radius 3 is 2.90 bits per heavy atom. The van der Waals surface area contributed by atoms with Crippen molar-refractivity contribution in [2.75, 3.05) is 17.2 Å². The number of fused-ring (bicyclic) bond motifs is 3. The minimum atomic E-state index is -0.419. The van der Waals surface area contributed by atoms with Gasteiger partial charge in [-0.2, -0.15) is 0 Å². The van der Waals surface area contributed by atoms with E-state index in [1.807, 2.05) is 30.0 Å². The summed E-state index contributed by atoms with van der Waals surface area (Å²) in [5, 5.41) is 0. The van der Waals surface area contributed by atoms with Crippen molar-refractivity contribution in [3.05, 3.63) is 18.2 Å². The Hall–Kier alpha value is -1.71. The highest BCUT2D eigenvalue weighted by Gasteiger charge is 2.42. The van der Waals surface area contributed by atoms with Crippen molar-refractivity contribution in [3.8, 4) is 5.75 Å². The number of carbonyl (C=O) groups excluding carboxylic acids is 1. The quantitative estimate of drug-likeness (QED) is 0.851. The Kier molecular flexibility index (Phi) is 2.88. The molecule has 21 heavy (non-hydrogen) atoms. The van der Waals surface area contributed by atoms with Crippen LogP contribution >= 0.6 is 0 Å². The molecule has 4 heteroatoms. The van der Waals surface area contributed by atoms with Crippen molar-refractivity contribution < 1.29 is 9.53 Å². The second-order valence-corrected chi connectivity index (χ2v) is 6.87. The zero-order chi connectivity index (χ0) is 14.6. The Balaban J connectivity index is 1.63. The van der Waals surface area contributed by atoms with E-state index in [2.05, 4.69) is 0 Å². The first kappa shape index (κ1) is 13.0. The van der Waals surface area contributed by atoms with Gasteiger partial charge in [-0.1, -0.05) is 6.42 Å². The zero-order valence-electron chi connectivity index (χ0n) is 12.4. The molecule has 0 aromatic heterocycles. The molecule has 0 radical (unpaired) electrons. The standard InChI is InChI=1S/C17H22N2O2/c1-10-17(20)19(9-13-7-11-2-3-12(13)6-11)15-5-4-14(18)8-16(15)21-10/h4-5,8,10-13H,2-3,6-7,9,18H2,1H3. The SMILES string of the molecule is CC1Oc2cc(N)ccc2N(CC2CC3CCC2C3)C1=O. The lowest BCUT2D eigenvalue weighted by Gasteiger charge is -2.36. The Morgan fingerprint density at radius 1 is 1.33 bits per heavy atom. The molecule has 1 amide bonds. The van der Waals surface area contributed by atoms with Gasteiger partial charge in [0.2, 0.25) is 0 Å². The highest BCUT2D eigenvalue weighted by molar-refractivity contribution is 6.00. The molecule has 2 fully saturated rings. The average molecular weight is 286 g/mol. The van der Waals surface area contributed by atoms with E-state index in [-0.39, 0.29) is 5.91 Å². The van der Waals surface area contributed by atoms with Gasteiger partial charge >= 0.3 is 0 Å². The van der Waals surface area contributed by atoms with Gasteiger partial charge in [0, 0.05) is 18.3 Å². The first-order chi connectivity index (χ1) is 10.1. The highest BCUT2D eigenvalue weighted by atomic mass is 16.5. The van der Waals surface area contributed by atoms with Crippen LogP contribution in [-0.4, -0.2) is 18.6 Å². The van der Waals surface area contributed by atoms with Crippen LogP contribution in [0, 0.1) is 17.8 Å². The third kappa shape index (κ3) is 2.08. The Labute approximate surface area is 125 Å². The van der Waals surface area contributed by atoms with Crippen LogP contribution in [0.1, 0.15) is 32.6 Å². The molecule has 1 aromatic rings. The molecule has 112 valence electrons. The topological polar surface area (TPSA) is 55.6 Å². The molecule has 4 atom stereocenters. The minimum Gasteiger partial charge on any atom is -0.479 e. The third-order valence-electron chi connectivity index (χ3n) is 5.49. The Morgan fingerprint density at radius 2 is 2.19 bits per heavy atom. The molecule has 3 aliphatic rings. The number of nitrogens with zero attached hydrogens (tertiary/aromatic N) is 1. The minimum absolute atomic E-state index is 0.0787. The van der Waals surface area contributed by atoms with Crippen LogP contribution in [0.3, 0.4) is 0 Å². The van der Waals surface area contributed by atoms with Crippen LogP contribution < -0.4 is 15.4 Å². The van der Waals surface area contributed by atoms with Gasteiger partial charge in [-0.05, 0) is 56.1 Å². The van der Waals surface area contributed by atoms with Crippen molar-refractivity contribution >= 4 is 17.3 Å². The van der Waals surface area contributed by atoms with Crippen molar-refractivity contribution in [1.29, 1.82) is 0 Å².